The Bertz CT molecular complexity index is 592. The van der Waals surface area contributed by atoms with Crippen LogP contribution in [0.1, 0.15) is 22.4 Å². The summed E-state index contributed by atoms with van der Waals surface area (Å²) in [5, 5.41) is 0. The van der Waals surface area contributed by atoms with E-state index in [-0.39, 0.29) is 0 Å². The van der Waals surface area contributed by atoms with Gasteiger partial charge in [-0.2, -0.15) is 0 Å². The maximum Gasteiger partial charge on any atom is 0.180 e. The third-order valence-corrected chi connectivity index (χ3v) is 2.95. The molecule has 0 radical (unpaired) electrons. The lowest BCUT2D eigenvalue weighted by molar-refractivity contribution is 1.04. The summed E-state index contributed by atoms with van der Waals surface area (Å²) in [6, 6.07) is 2.07. The van der Waals surface area contributed by atoms with Crippen LogP contribution in [-0.2, 0) is 0 Å². The molecule has 0 bridgehead atoms. The fourth-order valence-electron chi connectivity index (χ4n) is 1.82. The Labute approximate surface area is 106 Å². The Kier molecular flexibility index (Phi) is 3.25. The Morgan fingerprint density at radius 3 is 2.44 bits per heavy atom. The molecule has 0 aromatic carbocycles. The van der Waals surface area contributed by atoms with E-state index in [1.807, 2.05) is 33.9 Å². The average Bonchev–Trinajstić information content (AvgIpc) is 2.32. The van der Waals surface area contributed by atoms with Crippen LogP contribution in [-0.4, -0.2) is 15.0 Å². The fraction of sp³-hybridized carbons (Fsp3) is 0.308. The van der Waals surface area contributed by atoms with E-state index in [2.05, 4.69) is 26.4 Å². The SMILES string of the molecule is Cc1cnc(-c2nc(C)c(C)c(NN)n2)c(C)c1. The second-order valence-corrected chi connectivity index (χ2v) is 4.43. The largest absolute Gasteiger partial charge is 0.308 e. The molecular formula is C13H17N5. The highest BCUT2D eigenvalue weighted by Gasteiger charge is 2.11. The lowest BCUT2D eigenvalue weighted by Crippen LogP contribution is -2.12. The van der Waals surface area contributed by atoms with Crippen molar-refractivity contribution in [1.82, 2.24) is 15.0 Å². The number of pyridine rings is 1. The van der Waals surface area contributed by atoms with Crippen LogP contribution >= 0.6 is 0 Å². The first-order valence-electron chi connectivity index (χ1n) is 5.78. The zero-order chi connectivity index (χ0) is 13.3. The molecule has 0 aliphatic carbocycles. The van der Waals surface area contributed by atoms with Crippen LogP contribution in [0.5, 0.6) is 0 Å². The zero-order valence-electron chi connectivity index (χ0n) is 11.1. The molecule has 0 saturated heterocycles. The third kappa shape index (κ3) is 2.17. The first kappa shape index (κ1) is 12.4. The summed E-state index contributed by atoms with van der Waals surface area (Å²) in [6.07, 6.45) is 1.82. The van der Waals surface area contributed by atoms with Gasteiger partial charge in [-0.05, 0) is 38.8 Å². The second kappa shape index (κ2) is 4.70. The number of hydrazine groups is 1. The Morgan fingerprint density at radius 2 is 1.83 bits per heavy atom. The highest BCUT2D eigenvalue weighted by molar-refractivity contribution is 5.59. The van der Waals surface area contributed by atoms with Gasteiger partial charge in [0.05, 0.1) is 0 Å². The molecule has 0 saturated carbocycles. The van der Waals surface area contributed by atoms with Crippen molar-refractivity contribution >= 4 is 5.82 Å². The summed E-state index contributed by atoms with van der Waals surface area (Å²) in [5.74, 6) is 6.71. The summed E-state index contributed by atoms with van der Waals surface area (Å²) in [7, 11) is 0. The number of nitrogens with two attached hydrogens (primary N) is 1. The minimum atomic E-state index is 0.601. The molecule has 0 aliphatic heterocycles. The van der Waals surface area contributed by atoms with Crippen molar-refractivity contribution in [2.24, 2.45) is 5.84 Å². The summed E-state index contributed by atoms with van der Waals surface area (Å²) in [5.41, 5.74) is 7.42. The van der Waals surface area contributed by atoms with Gasteiger partial charge in [0.15, 0.2) is 5.82 Å². The number of nitrogen functional groups attached to an aromatic ring is 1. The van der Waals surface area contributed by atoms with Gasteiger partial charge in [0.2, 0.25) is 0 Å². The second-order valence-electron chi connectivity index (χ2n) is 4.43. The van der Waals surface area contributed by atoms with Crippen molar-refractivity contribution in [3.05, 3.63) is 34.6 Å². The van der Waals surface area contributed by atoms with Crippen molar-refractivity contribution in [1.29, 1.82) is 0 Å². The number of anilines is 1. The topological polar surface area (TPSA) is 76.7 Å². The van der Waals surface area contributed by atoms with Gasteiger partial charge < -0.3 is 5.43 Å². The quantitative estimate of drug-likeness (QED) is 0.623. The Hall–Kier alpha value is -2.01. The first-order chi connectivity index (χ1) is 8.52. The van der Waals surface area contributed by atoms with E-state index < -0.39 is 0 Å². The van der Waals surface area contributed by atoms with Crippen molar-refractivity contribution in [2.45, 2.75) is 27.7 Å². The van der Waals surface area contributed by atoms with Crippen LogP contribution in [0.4, 0.5) is 5.82 Å². The first-order valence-corrected chi connectivity index (χ1v) is 5.78. The highest BCUT2D eigenvalue weighted by atomic mass is 15.3. The van der Waals surface area contributed by atoms with Gasteiger partial charge in [0, 0.05) is 17.5 Å². The highest BCUT2D eigenvalue weighted by Crippen LogP contribution is 2.22. The molecule has 0 fully saturated rings. The van der Waals surface area contributed by atoms with Crippen LogP contribution in [0.15, 0.2) is 12.3 Å². The van der Waals surface area contributed by atoms with Gasteiger partial charge in [-0.3, -0.25) is 4.98 Å². The smallest absolute Gasteiger partial charge is 0.180 e. The zero-order valence-corrected chi connectivity index (χ0v) is 11.1. The van der Waals surface area contributed by atoms with Crippen molar-refractivity contribution in [3.63, 3.8) is 0 Å². The number of aryl methyl sites for hydroxylation is 3. The minimum absolute atomic E-state index is 0.601. The molecule has 2 heterocycles. The minimum Gasteiger partial charge on any atom is -0.308 e. The summed E-state index contributed by atoms with van der Waals surface area (Å²) in [6.45, 7) is 7.88. The lowest BCUT2D eigenvalue weighted by atomic mass is 10.1. The predicted octanol–water partition coefficient (Wildman–Crippen LogP) is 2.06. The van der Waals surface area contributed by atoms with Crippen molar-refractivity contribution < 1.29 is 0 Å². The number of rotatable bonds is 2. The molecule has 5 heteroatoms. The van der Waals surface area contributed by atoms with Crippen LogP contribution < -0.4 is 11.3 Å². The maximum atomic E-state index is 5.47. The predicted molar refractivity (Wildman–Crippen MR) is 72.0 cm³/mol. The van der Waals surface area contributed by atoms with Gasteiger partial charge in [0.1, 0.15) is 11.5 Å². The molecule has 2 aromatic rings. The fourth-order valence-corrected chi connectivity index (χ4v) is 1.82. The van der Waals surface area contributed by atoms with Gasteiger partial charge in [0.25, 0.3) is 0 Å². The Balaban J connectivity index is 2.60. The van der Waals surface area contributed by atoms with Crippen LogP contribution in [0.2, 0.25) is 0 Å². The molecular weight excluding hydrogens is 226 g/mol. The van der Waals surface area contributed by atoms with Crippen molar-refractivity contribution in [2.75, 3.05) is 5.43 Å². The van der Waals surface area contributed by atoms with E-state index >= 15 is 0 Å². The van der Waals surface area contributed by atoms with Crippen LogP contribution in [0, 0.1) is 27.7 Å². The third-order valence-electron chi connectivity index (χ3n) is 2.95. The summed E-state index contributed by atoms with van der Waals surface area (Å²) >= 11 is 0. The molecule has 5 nitrogen and oxygen atoms in total. The molecule has 0 spiro atoms. The summed E-state index contributed by atoms with van der Waals surface area (Å²) in [4.78, 5) is 13.3. The number of hydrogen-bond acceptors (Lipinski definition) is 5. The van der Waals surface area contributed by atoms with Gasteiger partial charge >= 0.3 is 0 Å². The van der Waals surface area contributed by atoms with Gasteiger partial charge in [-0.25, -0.2) is 15.8 Å². The van der Waals surface area contributed by atoms with E-state index in [9.17, 15) is 0 Å². The Morgan fingerprint density at radius 1 is 1.11 bits per heavy atom. The van der Waals surface area contributed by atoms with Crippen molar-refractivity contribution in [3.8, 4) is 11.5 Å². The van der Waals surface area contributed by atoms with Gasteiger partial charge in [-0.1, -0.05) is 6.07 Å². The normalized spacial score (nSPS) is 10.5. The number of nitrogens with zero attached hydrogens (tertiary/aromatic N) is 3. The van der Waals surface area contributed by atoms with E-state index in [4.69, 9.17) is 5.84 Å². The number of hydrogen-bond donors (Lipinski definition) is 2. The lowest BCUT2D eigenvalue weighted by Gasteiger charge is -2.10. The molecule has 0 unspecified atom stereocenters. The van der Waals surface area contributed by atoms with E-state index in [0.717, 1.165) is 28.1 Å². The standard InChI is InChI=1S/C13H17N5/c1-7-5-8(2)11(15-6-7)13-16-10(4)9(3)12(17-13)18-14/h5-6H,14H2,1-4H3,(H,16,17,18). The van der Waals surface area contributed by atoms with E-state index in [0.29, 0.717) is 11.6 Å². The van der Waals surface area contributed by atoms with Crippen LogP contribution in [0.3, 0.4) is 0 Å². The van der Waals surface area contributed by atoms with Gasteiger partial charge in [-0.15, -0.1) is 0 Å². The number of nitrogens with one attached hydrogen (secondary N) is 1. The molecule has 2 rings (SSSR count). The van der Waals surface area contributed by atoms with E-state index in [1.54, 1.807) is 0 Å². The van der Waals surface area contributed by atoms with Crippen LogP contribution in [0.25, 0.3) is 11.5 Å². The molecule has 0 aliphatic rings. The molecule has 18 heavy (non-hydrogen) atoms. The molecule has 0 atom stereocenters. The molecule has 0 amide bonds. The average molecular weight is 243 g/mol. The molecule has 3 N–H and O–H groups in total. The number of aromatic nitrogens is 3. The monoisotopic (exact) mass is 243 g/mol. The maximum absolute atomic E-state index is 5.47. The summed E-state index contributed by atoms with van der Waals surface area (Å²) < 4.78 is 0. The molecule has 94 valence electrons. The molecule has 2 aromatic heterocycles. The van der Waals surface area contributed by atoms with E-state index in [1.165, 1.54) is 0 Å².